The quantitative estimate of drug-likeness (QED) is 0.443. The van der Waals surface area contributed by atoms with Crippen LogP contribution in [0.5, 0.6) is 5.75 Å². The van der Waals surface area contributed by atoms with Gasteiger partial charge in [0.15, 0.2) is 9.94 Å². The fourth-order valence-electron chi connectivity index (χ4n) is 2.54. The van der Waals surface area contributed by atoms with E-state index in [-0.39, 0.29) is 17.6 Å². The highest BCUT2D eigenvalue weighted by Crippen LogP contribution is 2.38. The molecule has 0 radical (unpaired) electrons. The number of benzene rings is 2. The van der Waals surface area contributed by atoms with E-state index >= 15 is 0 Å². The van der Waals surface area contributed by atoms with Crippen LogP contribution in [0.25, 0.3) is 11.3 Å². The molecule has 3 rings (SSSR count). The van der Waals surface area contributed by atoms with Crippen molar-refractivity contribution in [2.75, 3.05) is 18.1 Å². The van der Waals surface area contributed by atoms with Gasteiger partial charge < -0.3 is 15.4 Å². The summed E-state index contributed by atoms with van der Waals surface area (Å²) in [5.41, 5.74) is 0.388. The Bertz CT molecular complexity index is 1050. The number of rotatable bonds is 8. The largest absolute Gasteiger partial charge is 0.478 e. The van der Waals surface area contributed by atoms with Crippen LogP contribution in [0.1, 0.15) is 13.8 Å². The molecule has 1 heterocycles. The summed E-state index contributed by atoms with van der Waals surface area (Å²) in [7, 11) is 1.59. The minimum absolute atomic E-state index is 0.0930. The number of ether oxygens (including phenoxy) is 1. The van der Waals surface area contributed by atoms with Gasteiger partial charge in [0.25, 0.3) is 5.91 Å². The van der Waals surface area contributed by atoms with Gasteiger partial charge in [0, 0.05) is 17.6 Å². The van der Waals surface area contributed by atoms with Gasteiger partial charge in [0.1, 0.15) is 16.4 Å². The Morgan fingerprint density at radius 1 is 1.13 bits per heavy atom. The fourth-order valence-corrected chi connectivity index (χ4v) is 4.59. The smallest absolute Gasteiger partial charge is 0.268 e. The van der Waals surface area contributed by atoms with Crippen molar-refractivity contribution in [2.45, 2.75) is 23.8 Å². The summed E-state index contributed by atoms with van der Waals surface area (Å²) < 4.78 is 6.58. The number of hydrogen-bond donors (Lipinski definition) is 2. The lowest BCUT2D eigenvalue weighted by molar-refractivity contribution is -0.128. The highest BCUT2D eigenvalue weighted by Gasteiger charge is 2.31. The monoisotopic (exact) mass is 475 g/mol. The zero-order chi connectivity index (χ0) is 22.4. The average Bonchev–Trinajstić information content (AvgIpc) is 3.16. The predicted octanol–water partition coefficient (Wildman–Crippen LogP) is 5.10. The Kier molecular flexibility index (Phi) is 7.59. The molecule has 2 amide bonds. The molecule has 1 aromatic heterocycles. The van der Waals surface area contributed by atoms with E-state index in [2.05, 4.69) is 15.6 Å². The zero-order valence-electron chi connectivity index (χ0n) is 17.3. The number of aromatic nitrogens is 1. The number of thiazole rings is 1. The molecule has 0 unspecified atom stereocenters. The van der Waals surface area contributed by atoms with Crippen molar-refractivity contribution < 1.29 is 14.3 Å². The SMILES string of the molecule is CNC(=O)CSc1nc(-c2ccccc2)c(NC(=O)C(C)(C)Oc2ccc(Cl)cc2)s1. The summed E-state index contributed by atoms with van der Waals surface area (Å²) in [4.78, 5) is 29.3. The molecule has 3 aromatic rings. The third kappa shape index (κ3) is 6.22. The van der Waals surface area contributed by atoms with E-state index < -0.39 is 5.60 Å². The fraction of sp³-hybridized carbons (Fsp3) is 0.227. The highest BCUT2D eigenvalue weighted by atomic mass is 35.5. The van der Waals surface area contributed by atoms with Crippen molar-refractivity contribution >= 4 is 51.5 Å². The summed E-state index contributed by atoms with van der Waals surface area (Å²) >= 11 is 8.57. The Morgan fingerprint density at radius 2 is 1.81 bits per heavy atom. The molecular weight excluding hydrogens is 454 g/mol. The molecule has 0 aliphatic rings. The van der Waals surface area contributed by atoms with Gasteiger partial charge in [-0.3, -0.25) is 9.59 Å². The molecule has 0 bridgehead atoms. The van der Waals surface area contributed by atoms with Crippen molar-refractivity contribution in [3.05, 3.63) is 59.6 Å². The average molecular weight is 476 g/mol. The second kappa shape index (κ2) is 10.2. The number of amides is 2. The Balaban J connectivity index is 1.82. The molecule has 2 aromatic carbocycles. The maximum atomic E-state index is 13.1. The number of nitrogens with zero attached hydrogens (tertiary/aromatic N) is 1. The molecule has 0 fully saturated rings. The predicted molar refractivity (Wildman–Crippen MR) is 127 cm³/mol. The lowest BCUT2D eigenvalue weighted by Crippen LogP contribution is -2.42. The van der Waals surface area contributed by atoms with Crippen LogP contribution in [-0.2, 0) is 9.59 Å². The van der Waals surface area contributed by atoms with E-state index in [1.807, 2.05) is 30.3 Å². The number of thioether (sulfide) groups is 1. The number of hydrogen-bond acceptors (Lipinski definition) is 6. The van der Waals surface area contributed by atoms with Crippen LogP contribution >= 0.6 is 34.7 Å². The molecule has 0 saturated heterocycles. The molecule has 0 saturated carbocycles. The molecule has 0 spiro atoms. The standard InChI is InChI=1S/C22H22ClN3O3S2/c1-22(2,29-16-11-9-15(23)10-12-16)20(28)26-19-18(14-7-5-4-6-8-14)25-21(31-19)30-13-17(27)24-3/h4-12H,13H2,1-3H3,(H,24,27)(H,26,28). The maximum absolute atomic E-state index is 13.1. The first-order valence-electron chi connectivity index (χ1n) is 9.44. The Hall–Kier alpha value is -2.55. The molecule has 162 valence electrons. The molecule has 9 heteroatoms. The molecular formula is C22H22ClN3O3S2. The second-order valence-corrected chi connectivity index (χ2v) is 9.66. The third-order valence-corrected chi connectivity index (χ3v) is 6.59. The van der Waals surface area contributed by atoms with Crippen LogP contribution in [0, 0.1) is 0 Å². The first-order valence-corrected chi connectivity index (χ1v) is 11.6. The number of carbonyl (C=O) groups is 2. The van der Waals surface area contributed by atoms with Gasteiger partial charge in [-0.15, -0.1) is 0 Å². The molecule has 2 N–H and O–H groups in total. The van der Waals surface area contributed by atoms with Crippen LogP contribution < -0.4 is 15.4 Å². The minimum Gasteiger partial charge on any atom is -0.478 e. The van der Waals surface area contributed by atoms with E-state index in [0.29, 0.717) is 25.8 Å². The lowest BCUT2D eigenvalue weighted by atomic mass is 10.1. The normalized spacial score (nSPS) is 11.1. The summed E-state index contributed by atoms with van der Waals surface area (Å²) in [5.74, 6) is 0.381. The van der Waals surface area contributed by atoms with Crippen LogP contribution in [-0.4, -0.2) is 35.2 Å². The number of carbonyl (C=O) groups excluding carboxylic acids is 2. The van der Waals surface area contributed by atoms with E-state index in [1.165, 1.54) is 23.1 Å². The summed E-state index contributed by atoms with van der Waals surface area (Å²) in [6, 6.07) is 16.4. The van der Waals surface area contributed by atoms with Gasteiger partial charge in [0.2, 0.25) is 5.91 Å². The molecule has 31 heavy (non-hydrogen) atoms. The van der Waals surface area contributed by atoms with Gasteiger partial charge in [-0.05, 0) is 38.1 Å². The van der Waals surface area contributed by atoms with Crippen molar-refractivity contribution in [3.8, 4) is 17.0 Å². The van der Waals surface area contributed by atoms with Crippen LogP contribution in [0.3, 0.4) is 0 Å². The number of nitrogens with one attached hydrogen (secondary N) is 2. The summed E-state index contributed by atoms with van der Waals surface area (Å²) in [6.07, 6.45) is 0. The van der Waals surface area contributed by atoms with Crippen molar-refractivity contribution in [1.29, 1.82) is 0 Å². The Morgan fingerprint density at radius 3 is 2.45 bits per heavy atom. The first-order chi connectivity index (χ1) is 14.8. The van der Waals surface area contributed by atoms with E-state index in [0.717, 1.165) is 5.56 Å². The van der Waals surface area contributed by atoms with Crippen LogP contribution in [0.4, 0.5) is 5.00 Å². The van der Waals surface area contributed by atoms with Crippen molar-refractivity contribution in [3.63, 3.8) is 0 Å². The maximum Gasteiger partial charge on any atom is 0.268 e. The zero-order valence-corrected chi connectivity index (χ0v) is 19.7. The second-order valence-electron chi connectivity index (χ2n) is 7.01. The van der Waals surface area contributed by atoms with Crippen molar-refractivity contribution in [1.82, 2.24) is 10.3 Å². The number of anilines is 1. The highest BCUT2D eigenvalue weighted by molar-refractivity contribution is 8.01. The van der Waals surface area contributed by atoms with Crippen LogP contribution in [0.2, 0.25) is 5.02 Å². The molecule has 0 aliphatic carbocycles. The van der Waals surface area contributed by atoms with Gasteiger partial charge in [-0.2, -0.15) is 0 Å². The molecule has 0 atom stereocenters. The summed E-state index contributed by atoms with van der Waals surface area (Å²) in [5, 5.41) is 6.74. The van der Waals surface area contributed by atoms with Crippen LogP contribution in [0.15, 0.2) is 58.9 Å². The first kappa shape index (κ1) is 23.1. The molecule has 0 aliphatic heterocycles. The number of halogens is 1. The minimum atomic E-state index is -1.14. The topological polar surface area (TPSA) is 80.3 Å². The van der Waals surface area contributed by atoms with E-state index in [9.17, 15) is 9.59 Å². The lowest BCUT2D eigenvalue weighted by Gasteiger charge is -2.25. The molecule has 6 nitrogen and oxygen atoms in total. The summed E-state index contributed by atoms with van der Waals surface area (Å²) in [6.45, 7) is 3.39. The van der Waals surface area contributed by atoms with Gasteiger partial charge in [-0.1, -0.05) is 65.0 Å². The van der Waals surface area contributed by atoms with Crippen molar-refractivity contribution in [2.24, 2.45) is 0 Å². The van der Waals surface area contributed by atoms with E-state index in [1.54, 1.807) is 45.2 Å². The third-order valence-electron chi connectivity index (χ3n) is 4.22. The van der Waals surface area contributed by atoms with Gasteiger partial charge in [-0.25, -0.2) is 4.98 Å². The van der Waals surface area contributed by atoms with Gasteiger partial charge in [0.05, 0.1) is 5.75 Å². The van der Waals surface area contributed by atoms with E-state index in [4.69, 9.17) is 16.3 Å². The van der Waals surface area contributed by atoms with Gasteiger partial charge >= 0.3 is 0 Å². The Labute approximate surface area is 194 Å².